The molecule has 1 aromatic carbocycles. The number of hydrogen-bond acceptors (Lipinski definition) is 5. The molecule has 3 rings (SSSR count). The molecule has 27 heavy (non-hydrogen) atoms. The highest BCUT2D eigenvalue weighted by Gasteiger charge is 2.36. The van der Waals surface area contributed by atoms with Crippen molar-refractivity contribution in [2.45, 2.75) is 45.3 Å². The molecule has 0 bridgehead atoms. The summed E-state index contributed by atoms with van der Waals surface area (Å²) in [6.07, 6.45) is 2.47. The molecule has 1 aliphatic heterocycles. The maximum atomic E-state index is 13.0. The Morgan fingerprint density at radius 3 is 2.81 bits per heavy atom. The van der Waals surface area contributed by atoms with Gasteiger partial charge >= 0.3 is 0 Å². The van der Waals surface area contributed by atoms with Crippen molar-refractivity contribution in [2.75, 3.05) is 11.5 Å². The van der Waals surface area contributed by atoms with E-state index in [9.17, 15) is 18.0 Å². The van der Waals surface area contributed by atoms with Crippen LogP contribution < -0.4 is 5.56 Å². The van der Waals surface area contributed by atoms with Crippen molar-refractivity contribution in [2.24, 2.45) is 0 Å². The summed E-state index contributed by atoms with van der Waals surface area (Å²) >= 11 is 5.96. The van der Waals surface area contributed by atoms with Crippen LogP contribution in [0.15, 0.2) is 29.3 Å². The quantitative estimate of drug-likeness (QED) is 0.749. The molecule has 0 spiro atoms. The van der Waals surface area contributed by atoms with Crippen molar-refractivity contribution in [3.05, 3.63) is 39.9 Å². The van der Waals surface area contributed by atoms with Crippen LogP contribution >= 0.6 is 11.6 Å². The minimum absolute atomic E-state index is 0.0242. The van der Waals surface area contributed by atoms with E-state index in [1.807, 2.05) is 13.8 Å². The van der Waals surface area contributed by atoms with Gasteiger partial charge in [0.15, 0.2) is 9.84 Å². The predicted octanol–water partition coefficient (Wildman–Crippen LogP) is 1.86. The van der Waals surface area contributed by atoms with Gasteiger partial charge in [0.2, 0.25) is 5.91 Å². The van der Waals surface area contributed by atoms with Gasteiger partial charge in [-0.25, -0.2) is 13.4 Å². The molecule has 1 amide bonds. The summed E-state index contributed by atoms with van der Waals surface area (Å²) in [6.45, 7) is 3.65. The number of aromatic nitrogens is 2. The Morgan fingerprint density at radius 2 is 2.19 bits per heavy atom. The van der Waals surface area contributed by atoms with Gasteiger partial charge in [-0.05, 0) is 38.0 Å². The first-order chi connectivity index (χ1) is 12.7. The lowest BCUT2D eigenvalue weighted by Crippen LogP contribution is -2.48. The van der Waals surface area contributed by atoms with Crippen LogP contribution in [0.2, 0.25) is 5.02 Å². The van der Waals surface area contributed by atoms with Crippen molar-refractivity contribution in [3.8, 4) is 0 Å². The number of hydrogen-bond donors (Lipinski definition) is 0. The van der Waals surface area contributed by atoms with Crippen molar-refractivity contribution < 1.29 is 13.2 Å². The summed E-state index contributed by atoms with van der Waals surface area (Å²) in [4.78, 5) is 31.5. The SMILES string of the molecule is CC[C@H](C)N(C(=O)Cn1cnc2ccc(Cl)cc2c1=O)[C@@H]1CCS(=O)(=O)C1. The van der Waals surface area contributed by atoms with Crippen LogP contribution in [0.1, 0.15) is 26.7 Å². The molecule has 0 saturated carbocycles. The van der Waals surface area contributed by atoms with E-state index in [0.29, 0.717) is 28.8 Å². The highest BCUT2D eigenvalue weighted by Crippen LogP contribution is 2.22. The Morgan fingerprint density at radius 1 is 1.44 bits per heavy atom. The zero-order chi connectivity index (χ0) is 19.8. The first-order valence-electron chi connectivity index (χ1n) is 8.88. The minimum Gasteiger partial charge on any atom is -0.334 e. The third kappa shape index (κ3) is 4.16. The second kappa shape index (κ2) is 7.59. The fraction of sp³-hybridized carbons (Fsp3) is 0.500. The van der Waals surface area contributed by atoms with Crippen LogP contribution in [-0.2, 0) is 21.2 Å². The second-order valence-corrected chi connectivity index (χ2v) is 9.62. The van der Waals surface area contributed by atoms with Crippen molar-refractivity contribution in [1.29, 1.82) is 0 Å². The number of carbonyl (C=O) groups is 1. The summed E-state index contributed by atoms with van der Waals surface area (Å²) < 4.78 is 25.0. The van der Waals surface area contributed by atoms with Gasteiger partial charge in [0.05, 0.1) is 28.7 Å². The van der Waals surface area contributed by atoms with Crippen LogP contribution in [-0.4, -0.2) is 52.4 Å². The van der Waals surface area contributed by atoms with Crippen molar-refractivity contribution >= 4 is 38.2 Å². The monoisotopic (exact) mass is 411 g/mol. The second-order valence-electron chi connectivity index (χ2n) is 6.95. The lowest BCUT2D eigenvalue weighted by molar-refractivity contribution is -0.136. The Bertz CT molecular complexity index is 1030. The molecular formula is C18H22ClN3O4S. The van der Waals surface area contributed by atoms with E-state index in [0.717, 1.165) is 0 Å². The van der Waals surface area contributed by atoms with Crippen LogP contribution in [0, 0.1) is 0 Å². The van der Waals surface area contributed by atoms with Gasteiger partial charge < -0.3 is 4.90 Å². The van der Waals surface area contributed by atoms with Crippen LogP contribution in [0.5, 0.6) is 0 Å². The van der Waals surface area contributed by atoms with E-state index < -0.39 is 9.84 Å². The molecule has 1 fully saturated rings. The Kier molecular flexibility index (Phi) is 5.58. The molecule has 1 aromatic heterocycles. The Labute approximate surface area is 162 Å². The first-order valence-corrected chi connectivity index (χ1v) is 11.1. The van der Waals surface area contributed by atoms with E-state index >= 15 is 0 Å². The largest absolute Gasteiger partial charge is 0.334 e. The summed E-state index contributed by atoms with van der Waals surface area (Å²) in [7, 11) is -3.12. The van der Waals surface area contributed by atoms with E-state index in [1.54, 1.807) is 17.0 Å². The summed E-state index contributed by atoms with van der Waals surface area (Å²) in [6, 6.07) is 4.37. The van der Waals surface area contributed by atoms with Crippen LogP contribution in [0.25, 0.3) is 10.9 Å². The molecule has 2 aromatic rings. The third-order valence-corrected chi connectivity index (χ3v) is 7.03. The average Bonchev–Trinajstić information content (AvgIpc) is 2.97. The van der Waals surface area contributed by atoms with E-state index in [4.69, 9.17) is 11.6 Å². The highest BCUT2D eigenvalue weighted by molar-refractivity contribution is 7.91. The lowest BCUT2D eigenvalue weighted by atomic mass is 10.1. The molecule has 2 heterocycles. The van der Waals surface area contributed by atoms with Gasteiger partial charge in [-0.1, -0.05) is 18.5 Å². The molecule has 2 atom stereocenters. The van der Waals surface area contributed by atoms with Crippen molar-refractivity contribution in [3.63, 3.8) is 0 Å². The normalized spacial score (nSPS) is 19.9. The molecule has 7 nitrogen and oxygen atoms in total. The molecule has 0 radical (unpaired) electrons. The van der Waals surface area contributed by atoms with E-state index in [-0.39, 0.29) is 41.6 Å². The maximum Gasteiger partial charge on any atom is 0.261 e. The molecule has 0 unspecified atom stereocenters. The number of sulfone groups is 1. The molecule has 9 heteroatoms. The number of carbonyl (C=O) groups excluding carboxylic acids is 1. The van der Waals surface area contributed by atoms with Gasteiger partial charge in [-0.3, -0.25) is 14.2 Å². The summed E-state index contributed by atoms with van der Waals surface area (Å²) in [5.41, 5.74) is 0.160. The Hall–Kier alpha value is -1.93. The molecular weight excluding hydrogens is 390 g/mol. The van der Waals surface area contributed by atoms with Gasteiger partial charge in [-0.2, -0.15) is 0 Å². The number of fused-ring (bicyclic) bond motifs is 1. The number of amides is 1. The third-order valence-electron chi connectivity index (χ3n) is 5.05. The lowest BCUT2D eigenvalue weighted by Gasteiger charge is -2.33. The average molecular weight is 412 g/mol. The molecule has 1 aliphatic rings. The maximum absolute atomic E-state index is 13.0. The highest BCUT2D eigenvalue weighted by atomic mass is 35.5. The predicted molar refractivity (Wildman–Crippen MR) is 105 cm³/mol. The molecule has 0 aliphatic carbocycles. The standard InChI is InChI=1S/C18H22ClN3O4S/c1-3-12(2)22(14-6-7-27(25,26)10-14)17(23)9-21-11-20-16-5-4-13(19)8-15(16)18(21)24/h4-5,8,11-12,14H,3,6-7,9-10H2,1-2H3/t12-,14+/m0/s1. The van der Waals surface area contributed by atoms with Crippen molar-refractivity contribution in [1.82, 2.24) is 14.5 Å². The number of benzene rings is 1. The number of halogens is 1. The van der Waals surface area contributed by atoms with Gasteiger partial charge in [0.25, 0.3) is 5.56 Å². The topological polar surface area (TPSA) is 89.3 Å². The van der Waals surface area contributed by atoms with Crippen LogP contribution in [0.3, 0.4) is 0 Å². The fourth-order valence-corrected chi connectivity index (χ4v) is 5.36. The molecule has 146 valence electrons. The van der Waals surface area contributed by atoms with E-state index in [1.165, 1.54) is 17.0 Å². The number of nitrogens with zero attached hydrogens (tertiary/aromatic N) is 3. The number of rotatable bonds is 5. The van der Waals surface area contributed by atoms with E-state index in [2.05, 4.69) is 4.98 Å². The minimum atomic E-state index is -3.12. The van der Waals surface area contributed by atoms with Gasteiger partial charge in [0.1, 0.15) is 6.54 Å². The smallest absolute Gasteiger partial charge is 0.261 e. The summed E-state index contributed by atoms with van der Waals surface area (Å²) in [5, 5.41) is 0.763. The van der Waals surface area contributed by atoms with Gasteiger partial charge in [-0.15, -0.1) is 0 Å². The zero-order valence-corrected chi connectivity index (χ0v) is 16.8. The first kappa shape index (κ1) is 19.8. The zero-order valence-electron chi connectivity index (χ0n) is 15.3. The fourth-order valence-electron chi connectivity index (χ4n) is 3.47. The summed E-state index contributed by atoms with van der Waals surface area (Å²) in [5.74, 6) is -0.214. The Balaban J connectivity index is 1.91. The molecule has 1 saturated heterocycles. The van der Waals surface area contributed by atoms with Gasteiger partial charge in [0, 0.05) is 17.1 Å². The molecule has 0 N–H and O–H groups in total. The van der Waals surface area contributed by atoms with Crippen LogP contribution in [0.4, 0.5) is 0 Å².